The Morgan fingerprint density at radius 1 is 0.943 bits per heavy atom. The first kappa shape index (κ1) is 22.4. The SMILES string of the molecule is CCCc1ccc(-c2cc(NC(=O)Cc3c[nH]c4ccccc34)ccc2Nc2cccnc2)cc1. The lowest BCUT2D eigenvalue weighted by atomic mass is 10.00. The molecule has 174 valence electrons. The Morgan fingerprint density at radius 3 is 2.60 bits per heavy atom. The predicted octanol–water partition coefficient (Wildman–Crippen LogP) is 7.11. The molecule has 2 heterocycles. The molecule has 0 radical (unpaired) electrons. The van der Waals surface area contributed by atoms with Gasteiger partial charge in [0.2, 0.25) is 5.91 Å². The van der Waals surface area contributed by atoms with Gasteiger partial charge in [-0.3, -0.25) is 9.78 Å². The van der Waals surface area contributed by atoms with E-state index in [-0.39, 0.29) is 5.91 Å². The van der Waals surface area contributed by atoms with Crippen LogP contribution in [-0.2, 0) is 17.6 Å². The number of rotatable bonds is 8. The van der Waals surface area contributed by atoms with Gasteiger partial charge in [0.15, 0.2) is 0 Å². The second kappa shape index (κ2) is 10.3. The predicted molar refractivity (Wildman–Crippen MR) is 144 cm³/mol. The van der Waals surface area contributed by atoms with Crippen LogP contribution in [0.25, 0.3) is 22.0 Å². The first-order chi connectivity index (χ1) is 17.2. The molecular weight excluding hydrogens is 432 g/mol. The molecule has 3 aromatic carbocycles. The highest BCUT2D eigenvalue weighted by Crippen LogP contribution is 2.33. The molecule has 1 amide bonds. The number of benzene rings is 3. The highest BCUT2D eigenvalue weighted by molar-refractivity contribution is 5.97. The Balaban J connectivity index is 1.41. The number of carbonyl (C=O) groups is 1. The van der Waals surface area contributed by atoms with Crippen LogP contribution in [-0.4, -0.2) is 15.9 Å². The fourth-order valence-electron chi connectivity index (χ4n) is 4.36. The topological polar surface area (TPSA) is 69.8 Å². The van der Waals surface area contributed by atoms with E-state index < -0.39 is 0 Å². The van der Waals surface area contributed by atoms with Crippen molar-refractivity contribution in [1.29, 1.82) is 0 Å². The van der Waals surface area contributed by atoms with E-state index in [1.165, 1.54) is 5.56 Å². The molecule has 0 aliphatic rings. The number of anilines is 3. The number of pyridine rings is 1. The summed E-state index contributed by atoms with van der Waals surface area (Å²) in [6.07, 6.45) is 7.95. The van der Waals surface area contributed by atoms with Crippen LogP contribution in [0.4, 0.5) is 17.1 Å². The van der Waals surface area contributed by atoms with E-state index in [1.54, 1.807) is 12.4 Å². The Labute approximate surface area is 205 Å². The maximum atomic E-state index is 12.9. The van der Waals surface area contributed by atoms with Crippen LogP contribution in [0.2, 0.25) is 0 Å². The molecule has 2 aromatic heterocycles. The molecule has 0 atom stereocenters. The number of aryl methyl sites for hydroxylation is 1. The fourth-order valence-corrected chi connectivity index (χ4v) is 4.36. The molecule has 5 nitrogen and oxygen atoms in total. The minimum atomic E-state index is -0.0491. The number of aromatic nitrogens is 2. The molecule has 0 unspecified atom stereocenters. The molecule has 35 heavy (non-hydrogen) atoms. The molecule has 0 aliphatic heterocycles. The number of carbonyl (C=O) groups excluding carboxylic acids is 1. The number of nitrogens with one attached hydrogen (secondary N) is 3. The van der Waals surface area contributed by atoms with Crippen LogP contribution >= 0.6 is 0 Å². The first-order valence-electron chi connectivity index (χ1n) is 11.9. The monoisotopic (exact) mass is 460 g/mol. The van der Waals surface area contributed by atoms with Gasteiger partial charge in [0, 0.05) is 40.2 Å². The van der Waals surface area contributed by atoms with Crippen molar-refractivity contribution in [1.82, 2.24) is 9.97 Å². The second-order valence-electron chi connectivity index (χ2n) is 8.66. The summed E-state index contributed by atoms with van der Waals surface area (Å²) in [5.74, 6) is -0.0491. The normalized spacial score (nSPS) is 10.9. The van der Waals surface area contributed by atoms with Crippen molar-refractivity contribution < 1.29 is 4.79 Å². The largest absolute Gasteiger partial charge is 0.361 e. The van der Waals surface area contributed by atoms with E-state index in [0.29, 0.717) is 6.42 Å². The van der Waals surface area contributed by atoms with Gasteiger partial charge in [-0.25, -0.2) is 0 Å². The summed E-state index contributed by atoms with van der Waals surface area (Å²) in [6.45, 7) is 2.19. The quantitative estimate of drug-likeness (QED) is 0.231. The highest BCUT2D eigenvalue weighted by Gasteiger charge is 2.12. The van der Waals surface area contributed by atoms with Crippen molar-refractivity contribution in [2.24, 2.45) is 0 Å². The van der Waals surface area contributed by atoms with Crippen molar-refractivity contribution in [3.05, 3.63) is 109 Å². The van der Waals surface area contributed by atoms with Crippen LogP contribution in [0.1, 0.15) is 24.5 Å². The molecular formula is C30H28N4O. The zero-order chi connectivity index (χ0) is 24.0. The maximum Gasteiger partial charge on any atom is 0.228 e. The molecule has 5 rings (SSSR count). The standard InChI is InChI=1S/C30H28N4O/c1-2-6-21-10-12-22(13-11-21)27-18-24(14-15-29(27)33-25-7-5-16-31-20-25)34-30(35)17-23-19-32-28-9-4-3-8-26(23)28/h3-5,7-16,18-20,32-33H,2,6,17H2,1H3,(H,34,35). The number of para-hydroxylation sites is 1. The van der Waals surface area contributed by atoms with Gasteiger partial charge in [-0.1, -0.05) is 55.8 Å². The molecule has 0 fully saturated rings. The lowest BCUT2D eigenvalue weighted by Crippen LogP contribution is -2.14. The number of aromatic amines is 1. The van der Waals surface area contributed by atoms with Crippen LogP contribution in [0.3, 0.4) is 0 Å². The van der Waals surface area contributed by atoms with Gasteiger partial charge < -0.3 is 15.6 Å². The zero-order valence-electron chi connectivity index (χ0n) is 19.7. The van der Waals surface area contributed by atoms with Crippen LogP contribution in [0.5, 0.6) is 0 Å². The Hall–Kier alpha value is -4.38. The average Bonchev–Trinajstić information content (AvgIpc) is 3.29. The minimum Gasteiger partial charge on any atom is -0.361 e. The third-order valence-electron chi connectivity index (χ3n) is 6.07. The minimum absolute atomic E-state index is 0.0491. The number of hydrogen-bond acceptors (Lipinski definition) is 3. The summed E-state index contributed by atoms with van der Waals surface area (Å²) in [4.78, 5) is 20.4. The van der Waals surface area contributed by atoms with Crippen LogP contribution in [0, 0.1) is 0 Å². The van der Waals surface area contributed by atoms with Gasteiger partial charge in [-0.05, 0) is 59.5 Å². The van der Waals surface area contributed by atoms with Crippen molar-refractivity contribution >= 4 is 33.9 Å². The van der Waals surface area contributed by atoms with E-state index in [9.17, 15) is 4.79 Å². The molecule has 5 aromatic rings. The van der Waals surface area contributed by atoms with Gasteiger partial charge in [0.1, 0.15) is 0 Å². The number of hydrogen-bond donors (Lipinski definition) is 3. The summed E-state index contributed by atoms with van der Waals surface area (Å²) in [7, 11) is 0. The summed E-state index contributed by atoms with van der Waals surface area (Å²) >= 11 is 0. The third kappa shape index (κ3) is 5.25. The molecule has 0 saturated carbocycles. The first-order valence-corrected chi connectivity index (χ1v) is 11.9. The van der Waals surface area contributed by atoms with E-state index >= 15 is 0 Å². The fraction of sp³-hybridized carbons (Fsp3) is 0.133. The van der Waals surface area contributed by atoms with Crippen LogP contribution in [0.15, 0.2) is 97.5 Å². The molecule has 5 heteroatoms. The van der Waals surface area contributed by atoms with Crippen molar-refractivity contribution in [3.8, 4) is 11.1 Å². The molecule has 0 saturated heterocycles. The number of amides is 1. The average molecular weight is 461 g/mol. The van der Waals surface area contributed by atoms with Crippen molar-refractivity contribution in [3.63, 3.8) is 0 Å². The molecule has 3 N–H and O–H groups in total. The summed E-state index contributed by atoms with van der Waals surface area (Å²) in [6, 6.07) is 26.5. The summed E-state index contributed by atoms with van der Waals surface area (Å²) in [5, 5.41) is 7.63. The van der Waals surface area contributed by atoms with E-state index in [2.05, 4.69) is 51.8 Å². The number of H-pyrrole nitrogens is 1. The van der Waals surface area contributed by atoms with Gasteiger partial charge in [-0.15, -0.1) is 0 Å². The Bertz CT molecular complexity index is 1440. The number of fused-ring (bicyclic) bond motifs is 1. The van der Waals surface area contributed by atoms with E-state index in [4.69, 9.17) is 0 Å². The van der Waals surface area contributed by atoms with Crippen molar-refractivity contribution in [2.45, 2.75) is 26.2 Å². The van der Waals surface area contributed by atoms with Gasteiger partial charge in [0.25, 0.3) is 0 Å². The summed E-state index contributed by atoms with van der Waals surface area (Å²) in [5.41, 5.74) is 8.07. The molecule has 0 spiro atoms. The smallest absolute Gasteiger partial charge is 0.228 e. The van der Waals surface area contributed by atoms with Crippen molar-refractivity contribution in [2.75, 3.05) is 10.6 Å². The highest BCUT2D eigenvalue weighted by atomic mass is 16.1. The zero-order valence-corrected chi connectivity index (χ0v) is 19.7. The third-order valence-corrected chi connectivity index (χ3v) is 6.07. The van der Waals surface area contributed by atoms with E-state index in [1.807, 2.05) is 60.8 Å². The molecule has 0 aliphatic carbocycles. The molecule has 0 bridgehead atoms. The summed E-state index contributed by atoms with van der Waals surface area (Å²) < 4.78 is 0. The lowest BCUT2D eigenvalue weighted by molar-refractivity contribution is -0.115. The second-order valence-corrected chi connectivity index (χ2v) is 8.66. The Morgan fingerprint density at radius 2 is 1.80 bits per heavy atom. The lowest BCUT2D eigenvalue weighted by Gasteiger charge is -2.15. The van der Waals surface area contributed by atoms with Gasteiger partial charge >= 0.3 is 0 Å². The van der Waals surface area contributed by atoms with Crippen LogP contribution < -0.4 is 10.6 Å². The Kier molecular flexibility index (Phi) is 6.57. The van der Waals surface area contributed by atoms with E-state index in [0.717, 1.165) is 57.5 Å². The van der Waals surface area contributed by atoms with Gasteiger partial charge in [-0.2, -0.15) is 0 Å². The maximum absolute atomic E-state index is 12.9. The van der Waals surface area contributed by atoms with Gasteiger partial charge in [0.05, 0.1) is 18.3 Å². The number of nitrogens with zero attached hydrogens (tertiary/aromatic N) is 1.